The van der Waals surface area contributed by atoms with Crippen molar-refractivity contribution < 1.29 is 32.2 Å². The van der Waals surface area contributed by atoms with Crippen LogP contribution in [0.2, 0.25) is 5.02 Å². The normalized spacial score (nSPS) is 18.3. The number of hydrogen-bond donors (Lipinski definition) is 2. The summed E-state index contributed by atoms with van der Waals surface area (Å²) in [4.78, 5) is 12.1. The zero-order chi connectivity index (χ0) is 18.9. The molecule has 3 rings (SSSR count). The fourth-order valence-corrected chi connectivity index (χ4v) is 2.39. The van der Waals surface area contributed by atoms with Crippen LogP contribution >= 0.6 is 11.6 Å². The summed E-state index contributed by atoms with van der Waals surface area (Å²) in [5.41, 5.74) is 0.220. The zero-order valence-electron chi connectivity index (χ0n) is 13.2. The monoisotopic (exact) mass is 388 g/mol. The Hall–Kier alpha value is -2.81. The molecule has 0 saturated carbocycles. The van der Waals surface area contributed by atoms with E-state index in [4.69, 9.17) is 25.8 Å². The highest BCUT2D eigenvalue weighted by atomic mass is 35.5. The van der Waals surface area contributed by atoms with Gasteiger partial charge < -0.3 is 19.5 Å². The first-order chi connectivity index (χ1) is 12.2. The molecule has 0 radical (unpaired) electrons. The molecular weight excluding hydrogens is 377 g/mol. The largest absolute Gasteiger partial charge is 0.497 e. The Morgan fingerprint density at radius 3 is 2.58 bits per heavy atom. The predicted molar refractivity (Wildman–Crippen MR) is 86.6 cm³/mol. The van der Waals surface area contributed by atoms with Crippen LogP contribution in [0, 0.1) is 0 Å². The number of halogens is 4. The van der Waals surface area contributed by atoms with E-state index in [1.165, 1.54) is 31.4 Å². The topological polar surface area (TPSA) is 68.8 Å². The Morgan fingerprint density at radius 1 is 1.15 bits per heavy atom. The third kappa shape index (κ3) is 3.43. The number of hydrogen-bond acceptors (Lipinski definition) is 4. The number of urea groups is 1. The third-order valence-corrected chi connectivity index (χ3v) is 3.63. The minimum atomic E-state index is -5.07. The molecule has 0 spiro atoms. The number of ether oxygens (including phenoxy) is 3. The van der Waals surface area contributed by atoms with E-state index in [0.717, 1.165) is 6.07 Å². The average Bonchev–Trinajstić information content (AvgIpc) is 2.93. The number of anilines is 1. The van der Waals surface area contributed by atoms with Gasteiger partial charge in [-0.05, 0) is 24.3 Å². The van der Waals surface area contributed by atoms with Gasteiger partial charge in [-0.2, -0.15) is 13.2 Å². The van der Waals surface area contributed by atoms with E-state index >= 15 is 0 Å². The molecule has 0 fully saturated rings. The minimum Gasteiger partial charge on any atom is -0.497 e. The molecule has 0 saturated heterocycles. The lowest BCUT2D eigenvalue weighted by molar-refractivity contribution is -0.317. The molecule has 26 heavy (non-hydrogen) atoms. The number of amides is 2. The Bertz CT molecular complexity index is 846. The lowest BCUT2D eigenvalue weighted by atomic mass is 10.3. The molecule has 2 aromatic carbocycles. The van der Waals surface area contributed by atoms with Crippen molar-refractivity contribution in [2.45, 2.75) is 12.1 Å². The molecule has 0 unspecified atom stereocenters. The molecule has 10 heteroatoms. The molecule has 2 amide bonds. The van der Waals surface area contributed by atoms with Crippen molar-refractivity contribution in [1.29, 1.82) is 0 Å². The summed E-state index contributed by atoms with van der Waals surface area (Å²) in [6.45, 7) is 0. The van der Waals surface area contributed by atoms with Crippen molar-refractivity contribution >= 4 is 23.3 Å². The van der Waals surface area contributed by atoms with Crippen LogP contribution in [0.15, 0.2) is 42.5 Å². The minimum absolute atomic E-state index is 0.158. The van der Waals surface area contributed by atoms with Crippen molar-refractivity contribution in [3.8, 4) is 17.2 Å². The molecular formula is C16H12ClF3N2O4. The fraction of sp³-hybridized carbons (Fsp3) is 0.188. The van der Waals surface area contributed by atoms with Gasteiger partial charge in [0.05, 0.1) is 7.11 Å². The van der Waals surface area contributed by atoms with E-state index in [-0.39, 0.29) is 22.2 Å². The summed E-state index contributed by atoms with van der Waals surface area (Å²) < 4.78 is 55.4. The smallest absolute Gasteiger partial charge is 0.492 e. The quantitative estimate of drug-likeness (QED) is 0.828. The van der Waals surface area contributed by atoms with Gasteiger partial charge in [-0.15, -0.1) is 0 Å². The number of methoxy groups -OCH3 is 1. The summed E-state index contributed by atoms with van der Waals surface area (Å²) >= 11 is 5.74. The molecule has 138 valence electrons. The molecule has 1 aliphatic heterocycles. The number of benzene rings is 2. The van der Waals surface area contributed by atoms with E-state index in [1.807, 2.05) is 0 Å². The van der Waals surface area contributed by atoms with Crippen LogP contribution < -0.4 is 24.8 Å². The standard InChI is InChI=1S/C16H12ClF3N2O4/c1-24-11-4-2-3-10(8-11)21-14(23)22-16(15(18,19)20)25-12-6-5-9(17)7-13(12)26-16/h2-8H,1H3,(H2,21,22,23)/t16-/m0/s1. The molecule has 0 bridgehead atoms. The molecule has 1 heterocycles. The first-order valence-corrected chi connectivity index (χ1v) is 7.58. The highest BCUT2D eigenvalue weighted by Crippen LogP contribution is 2.46. The van der Waals surface area contributed by atoms with Gasteiger partial charge in [0.2, 0.25) is 0 Å². The van der Waals surface area contributed by atoms with Crippen LogP contribution in [0.25, 0.3) is 0 Å². The summed E-state index contributed by atoms with van der Waals surface area (Å²) in [6, 6.07) is 8.62. The first kappa shape index (κ1) is 18.0. The number of fused-ring (bicyclic) bond motifs is 1. The lowest BCUT2D eigenvalue weighted by Crippen LogP contribution is -2.65. The second kappa shape index (κ2) is 6.49. The van der Waals surface area contributed by atoms with Crippen molar-refractivity contribution in [3.05, 3.63) is 47.5 Å². The highest BCUT2D eigenvalue weighted by Gasteiger charge is 2.65. The van der Waals surface area contributed by atoms with Crippen LogP contribution in [0.4, 0.5) is 23.7 Å². The van der Waals surface area contributed by atoms with Gasteiger partial charge in [-0.1, -0.05) is 17.7 Å². The van der Waals surface area contributed by atoms with Gasteiger partial charge in [0.1, 0.15) is 5.75 Å². The SMILES string of the molecule is COc1cccc(NC(=O)N[C@@]2(C(F)(F)F)Oc3ccc(Cl)cc3O2)c1. The van der Waals surface area contributed by atoms with E-state index in [9.17, 15) is 18.0 Å². The Kier molecular flexibility index (Phi) is 4.49. The van der Waals surface area contributed by atoms with Gasteiger partial charge in [-0.3, -0.25) is 5.32 Å². The van der Waals surface area contributed by atoms with Crippen LogP contribution in [-0.2, 0) is 0 Å². The molecule has 2 aromatic rings. The van der Waals surface area contributed by atoms with Gasteiger partial charge in [-0.25, -0.2) is 4.79 Å². The predicted octanol–water partition coefficient (Wildman–Crippen LogP) is 4.16. The molecule has 2 N–H and O–H groups in total. The van der Waals surface area contributed by atoms with Crippen LogP contribution in [0.5, 0.6) is 17.2 Å². The summed E-state index contributed by atoms with van der Waals surface area (Å²) in [7, 11) is 1.42. The molecule has 6 nitrogen and oxygen atoms in total. The van der Waals surface area contributed by atoms with E-state index in [2.05, 4.69) is 5.32 Å². The van der Waals surface area contributed by atoms with Gasteiger partial charge in [0.15, 0.2) is 11.5 Å². The van der Waals surface area contributed by atoms with E-state index < -0.39 is 18.1 Å². The summed E-state index contributed by atoms with van der Waals surface area (Å²) in [5.74, 6) is -3.39. The molecule has 1 aliphatic rings. The van der Waals surface area contributed by atoms with Crippen molar-refractivity contribution in [3.63, 3.8) is 0 Å². The van der Waals surface area contributed by atoms with Crippen molar-refractivity contribution in [2.24, 2.45) is 0 Å². The van der Waals surface area contributed by atoms with Crippen molar-refractivity contribution in [1.82, 2.24) is 5.32 Å². The third-order valence-electron chi connectivity index (χ3n) is 3.39. The second-order valence-corrected chi connectivity index (χ2v) is 5.66. The molecule has 0 aliphatic carbocycles. The van der Waals surface area contributed by atoms with Crippen LogP contribution in [0.3, 0.4) is 0 Å². The molecule has 1 atom stereocenters. The fourth-order valence-electron chi connectivity index (χ4n) is 2.23. The maximum absolute atomic E-state index is 13.6. The molecule has 0 aromatic heterocycles. The number of carbonyl (C=O) groups excluding carboxylic acids is 1. The van der Waals surface area contributed by atoms with Gasteiger partial charge in [0, 0.05) is 22.8 Å². The van der Waals surface area contributed by atoms with Crippen molar-refractivity contribution in [2.75, 3.05) is 12.4 Å². The van der Waals surface area contributed by atoms with E-state index in [1.54, 1.807) is 17.4 Å². The number of alkyl halides is 3. The maximum Gasteiger partial charge on any atom is 0.492 e. The summed E-state index contributed by atoms with van der Waals surface area (Å²) in [5, 5.41) is 4.10. The lowest BCUT2D eigenvalue weighted by Gasteiger charge is -2.29. The number of nitrogens with one attached hydrogen (secondary N) is 2. The number of rotatable bonds is 3. The number of carbonyl (C=O) groups is 1. The van der Waals surface area contributed by atoms with Crippen LogP contribution in [0.1, 0.15) is 0 Å². The summed E-state index contributed by atoms with van der Waals surface area (Å²) in [6.07, 6.45) is -5.07. The Morgan fingerprint density at radius 2 is 1.88 bits per heavy atom. The zero-order valence-corrected chi connectivity index (χ0v) is 13.9. The Balaban J connectivity index is 1.81. The Labute approximate surface area is 150 Å². The first-order valence-electron chi connectivity index (χ1n) is 7.20. The van der Waals surface area contributed by atoms with Crippen LogP contribution in [-0.4, -0.2) is 25.2 Å². The van der Waals surface area contributed by atoms with Gasteiger partial charge >= 0.3 is 18.1 Å². The van der Waals surface area contributed by atoms with E-state index in [0.29, 0.717) is 5.75 Å². The second-order valence-electron chi connectivity index (χ2n) is 5.22. The van der Waals surface area contributed by atoms with Gasteiger partial charge in [0.25, 0.3) is 0 Å². The average molecular weight is 389 g/mol. The highest BCUT2D eigenvalue weighted by molar-refractivity contribution is 6.30. The maximum atomic E-state index is 13.6.